The Bertz CT molecular complexity index is 1540. The number of nitrogens with zero attached hydrogens (tertiary/aromatic N) is 2. The van der Waals surface area contributed by atoms with E-state index in [1.807, 2.05) is 30.3 Å². The second kappa shape index (κ2) is 16.8. The van der Waals surface area contributed by atoms with Crippen molar-refractivity contribution >= 4 is 35.5 Å². The Morgan fingerprint density at radius 1 is 0.932 bits per heavy atom. The number of thioether (sulfide) groups is 1. The van der Waals surface area contributed by atoms with Crippen LogP contribution in [0.25, 0.3) is 6.08 Å². The molecule has 0 unspecified atom stereocenters. The van der Waals surface area contributed by atoms with Crippen LogP contribution in [0.3, 0.4) is 0 Å². The van der Waals surface area contributed by atoms with Crippen molar-refractivity contribution in [3.8, 4) is 5.75 Å². The van der Waals surface area contributed by atoms with Crippen molar-refractivity contribution in [1.29, 1.82) is 0 Å². The molecule has 4 rings (SSSR count). The maximum atomic E-state index is 12.6. The van der Waals surface area contributed by atoms with Crippen molar-refractivity contribution in [2.24, 2.45) is 5.84 Å². The Morgan fingerprint density at radius 3 is 2.43 bits per heavy atom. The first-order chi connectivity index (χ1) is 21.4. The standard InChI is InChI=1S/C34H38N6O3S/c1-24-8-6-9-25(2)33(24)44-23-28-13-15-30(43-21-18-26-10-4-3-5-11-26)29(39-28)14-17-32(41)36-19-7-20-37-34(42)27-12-16-31(40-35)38-22-27/h3-6,8-17,22H,7,18-21,23,35H2,1-2H3,(H,36,41)(H,37,42)(H,38,40)/b17-14+. The lowest BCUT2D eigenvalue weighted by Crippen LogP contribution is -2.29. The first kappa shape index (κ1) is 32.2. The first-order valence-electron chi connectivity index (χ1n) is 14.5. The Kier molecular flexibility index (Phi) is 12.3. The number of ether oxygens (including phenoxy) is 1. The highest BCUT2D eigenvalue weighted by molar-refractivity contribution is 7.98. The van der Waals surface area contributed by atoms with Gasteiger partial charge in [-0.25, -0.2) is 15.8 Å². The Balaban J connectivity index is 1.32. The highest BCUT2D eigenvalue weighted by Crippen LogP contribution is 2.30. The number of benzene rings is 2. The van der Waals surface area contributed by atoms with Crippen molar-refractivity contribution in [3.63, 3.8) is 0 Å². The van der Waals surface area contributed by atoms with Crippen LogP contribution in [0.5, 0.6) is 5.75 Å². The molecule has 228 valence electrons. The zero-order valence-electron chi connectivity index (χ0n) is 25.0. The molecule has 44 heavy (non-hydrogen) atoms. The van der Waals surface area contributed by atoms with E-state index in [4.69, 9.17) is 15.6 Å². The number of amides is 2. The summed E-state index contributed by atoms with van der Waals surface area (Å²) in [6.07, 6.45) is 5.93. The molecule has 0 radical (unpaired) electrons. The van der Waals surface area contributed by atoms with Gasteiger partial charge in [0.05, 0.1) is 17.9 Å². The van der Waals surface area contributed by atoms with Gasteiger partial charge < -0.3 is 20.8 Å². The topological polar surface area (TPSA) is 131 Å². The fourth-order valence-electron chi connectivity index (χ4n) is 4.35. The smallest absolute Gasteiger partial charge is 0.252 e. The van der Waals surface area contributed by atoms with Crippen molar-refractivity contribution in [2.45, 2.75) is 37.3 Å². The molecular weight excluding hydrogens is 572 g/mol. The Morgan fingerprint density at radius 2 is 1.70 bits per heavy atom. The van der Waals surface area contributed by atoms with E-state index in [9.17, 15) is 9.59 Å². The van der Waals surface area contributed by atoms with E-state index >= 15 is 0 Å². The van der Waals surface area contributed by atoms with Crippen LogP contribution in [0.2, 0.25) is 0 Å². The summed E-state index contributed by atoms with van der Waals surface area (Å²) in [5, 5.41) is 5.67. The van der Waals surface area contributed by atoms with Gasteiger partial charge in [0, 0.05) is 42.4 Å². The summed E-state index contributed by atoms with van der Waals surface area (Å²) in [4.78, 5) is 35.0. The van der Waals surface area contributed by atoms with Gasteiger partial charge in [-0.05, 0) is 67.3 Å². The molecule has 0 aliphatic heterocycles. The number of carbonyl (C=O) groups excluding carboxylic acids is 2. The van der Waals surface area contributed by atoms with Gasteiger partial charge in [-0.15, -0.1) is 11.8 Å². The monoisotopic (exact) mass is 610 g/mol. The maximum Gasteiger partial charge on any atom is 0.252 e. The predicted molar refractivity (Wildman–Crippen MR) is 176 cm³/mol. The molecule has 0 spiro atoms. The SMILES string of the molecule is Cc1cccc(C)c1SCc1ccc(OCCc2ccccc2)c(/C=C/C(=O)NCCCNC(=O)c2ccc(NN)nc2)n1. The third-order valence-electron chi connectivity index (χ3n) is 6.71. The van der Waals surface area contributed by atoms with E-state index in [1.54, 1.807) is 30.0 Å². The lowest BCUT2D eigenvalue weighted by atomic mass is 10.2. The number of nitrogens with one attached hydrogen (secondary N) is 3. The third-order valence-corrected chi connectivity index (χ3v) is 8.09. The molecule has 2 amide bonds. The average molecular weight is 611 g/mol. The van der Waals surface area contributed by atoms with Crippen molar-refractivity contribution in [2.75, 3.05) is 25.1 Å². The minimum atomic E-state index is -0.252. The summed E-state index contributed by atoms with van der Waals surface area (Å²) in [6.45, 7) is 5.53. The first-order valence-corrected chi connectivity index (χ1v) is 15.4. The molecule has 2 heterocycles. The molecule has 10 heteroatoms. The van der Waals surface area contributed by atoms with Crippen LogP contribution in [-0.4, -0.2) is 41.5 Å². The van der Waals surface area contributed by atoms with Gasteiger partial charge >= 0.3 is 0 Å². The number of nitrogens with two attached hydrogens (primary N) is 1. The third kappa shape index (κ3) is 9.96. The zero-order valence-corrected chi connectivity index (χ0v) is 25.8. The van der Waals surface area contributed by atoms with Gasteiger partial charge in [-0.2, -0.15) is 0 Å². The van der Waals surface area contributed by atoms with Gasteiger partial charge in [0.15, 0.2) is 0 Å². The fraction of sp³-hybridized carbons (Fsp3) is 0.235. The van der Waals surface area contributed by atoms with Crippen molar-refractivity contribution in [1.82, 2.24) is 20.6 Å². The number of carbonyl (C=O) groups is 2. The number of hydrogen-bond acceptors (Lipinski definition) is 8. The summed E-state index contributed by atoms with van der Waals surface area (Å²) in [7, 11) is 0. The number of aryl methyl sites for hydroxylation is 2. The van der Waals surface area contributed by atoms with E-state index < -0.39 is 0 Å². The molecule has 2 aromatic heterocycles. The minimum absolute atomic E-state index is 0.242. The highest BCUT2D eigenvalue weighted by atomic mass is 32.2. The van der Waals surface area contributed by atoms with Crippen LogP contribution in [0.15, 0.2) is 90.0 Å². The summed E-state index contributed by atoms with van der Waals surface area (Å²) in [6, 6.07) is 23.6. The molecule has 9 nitrogen and oxygen atoms in total. The molecular formula is C34H38N6O3S. The van der Waals surface area contributed by atoms with Crippen LogP contribution in [0.4, 0.5) is 5.82 Å². The molecule has 0 fully saturated rings. The van der Waals surface area contributed by atoms with Gasteiger partial charge in [-0.3, -0.25) is 9.59 Å². The molecule has 0 aliphatic rings. The number of nitrogen functional groups attached to an aromatic ring is 1. The van der Waals surface area contributed by atoms with E-state index in [-0.39, 0.29) is 11.8 Å². The summed E-state index contributed by atoms with van der Waals surface area (Å²) in [5.41, 5.74) is 8.01. The molecule has 0 saturated carbocycles. The number of anilines is 1. The van der Waals surface area contributed by atoms with E-state index in [0.29, 0.717) is 54.7 Å². The van der Waals surface area contributed by atoms with Crippen LogP contribution in [0.1, 0.15) is 44.9 Å². The van der Waals surface area contributed by atoms with Gasteiger partial charge in [0.25, 0.3) is 5.91 Å². The second-order valence-electron chi connectivity index (χ2n) is 10.1. The highest BCUT2D eigenvalue weighted by Gasteiger charge is 2.10. The van der Waals surface area contributed by atoms with Crippen LogP contribution in [0, 0.1) is 13.8 Å². The summed E-state index contributed by atoms with van der Waals surface area (Å²) >= 11 is 1.75. The second-order valence-corrected chi connectivity index (χ2v) is 11.1. The van der Waals surface area contributed by atoms with E-state index in [2.05, 4.69) is 65.2 Å². The number of hydrogen-bond donors (Lipinski definition) is 4. The quantitative estimate of drug-likeness (QED) is 0.0473. The van der Waals surface area contributed by atoms with Crippen LogP contribution < -0.4 is 26.6 Å². The zero-order chi connectivity index (χ0) is 31.1. The largest absolute Gasteiger partial charge is 0.491 e. The van der Waals surface area contributed by atoms with Crippen LogP contribution in [-0.2, 0) is 17.0 Å². The van der Waals surface area contributed by atoms with E-state index in [1.165, 1.54) is 33.9 Å². The molecule has 0 atom stereocenters. The number of aromatic nitrogens is 2. The van der Waals surface area contributed by atoms with Crippen LogP contribution >= 0.6 is 11.8 Å². The Labute approximate surface area is 262 Å². The molecule has 2 aromatic carbocycles. The lowest BCUT2D eigenvalue weighted by molar-refractivity contribution is -0.116. The van der Waals surface area contributed by atoms with Crippen molar-refractivity contribution in [3.05, 3.63) is 119 Å². The molecule has 4 aromatic rings. The maximum absolute atomic E-state index is 12.6. The van der Waals surface area contributed by atoms with E-state index in [0.717, 1.165) is 12.1 Å². The fourth-order valence-corrected chi connectivity index (χ4v) is 5.40. The lowest BCUT2D eigenvalue weighted by Gasteiger charge is -2.12. The van der Waals surface area contributed by atoms with Crippen molar-refractivity contribution < 1.29 is 14.3 Å². The molecule has 0 aliphatic carbocycles. The Hall–Kier alpha value is -4.67. The average Bonchev–Trinajstić information content (AvgIpc) is 3.04. The summed E-state index contributed by atoms with van der Waals surface area (Å²) < 4.78 is 6.11. The number of rotatable bonds is 15. The van der Waals surface area contributed by atoms with Gasteiger partial charge in [0.2, 0.25) is 5.91 Å². The number of hydrazine groups is 1. The molecule has 0 saturated heterocycles. The molecule has 0 bridgehead atoms. The normalized spacial score (nSPS) is 10.9. The number of pyridine rings is 2. The van der Waals surface area contributed by atoms with Gasteiger partial charge in [-0.1, -0.05) is 48.5 Å². The minimum Gasteiger partial charge on any atom is -0.491 e. The predicted octanol–water partition coefficient (Wildman–Crippen LogP) is 5.24. The van der Waals surface area contributed by atoms with Gasteiger partial charge in [0.1, 0.15) is 17.3 Å². The molecule has 5 N–H and O–H groups in total. The summed E-state index contributed by atoms with van der Waals surface area (Å²) in [5.74, 6) is 6.60.